The Morgan fingerprint density at radius 2 is 1.82 bits per heavy atom. The van der Waals surface area contributed by atoms with Crippen LogP contribution in [0.3, 0.4) is 0 Å². The Kier molecular flexibility index (Phi) is 2.97. The van der Waals surface area contributed by atoms with Gasteiger partial charge in [-0.3, -0.25) is 0 Å². The van der Waals surface area contributed by atoms with Crippen molar-refractivity contribution in [3.63, 3.8) is 0 Å². The highest BCUT2D eigenvalue weighted by molar-refractivity contribution is 7.91. The third kappa shape index (κ3) is 2.21. The molecule has 0 bridgehead atoms. The summed E-state index contributed by atoms with van der Waals surface area (Å²) in [6.07, 6.45) is 1.45. The van der Waals surface area contributed by atoms with Crippen molar-refractivity contribution in [2.75, 3.05) is 0 Å². The van der Waals surface area contributed by atoms with Gasteiger partial charge in [0.1, 0.15) is 0 Å². The first kappa shape index (κ1) is 11.8. The standard InChI is InChI=1S/C11H13N3O2S/c1-9(2)14-8-11(12-13-14)17(15,16)10-6-4-3-5-7-10/h3-9H,1-2H3. The highest BCUT2D eigenvalue weighted by Gasteiger charge is 2.21. The van der Waals surface area contributed by atoms with Crippen LogP contribution in [0.2, 0.25) is 0 Å². The van der Waals surface area contributed by atoms with E-state index >= 15 is 0 Å². The zero-order valence-electron chi connectivity index (χ0n) is 9.61. The van der Waals surface area contributed by atoms with Crippen molar-refractivity contribution >= 4 is 9.84 Å². The normalized spacial score (nSPS) is 11.9. The van der Waals surface area contributed by atoms with Crippen LogP contribution in [0.4, 0.5) is 0 Å². The minimum absolute atomic E-state index is 0.0163. The molecule has 17 heavy (non-hydrogen) atoms. The van der Waals surface area contributed by atoms with Gasteiger partial charge in [0.2, 0.25) is 14.9 Å². The van der Waals surface area contributed by atoms with E-state index in [-0.39, 0.29) is 16.0 Å². The summed E-state index contributed by atoms with van der Waals surface area (Å²) in [7, 11) is -3.55. The first-order valence-electron chi connectivity index (χ1n) is 5.24. The van der Waals surface area contributed by atoms with Crippen LogP contribution < -0.4 is 0 Å². The average Bonchev–Trinajstić information content (AvgIpc) is 2.80. The summed E-state index contributed by atoms with van der Waals surface area (Å²) in [6, 6.07) is 8.30. The van der Waals surface area contributed by atoms with Gasteiger partial charge < -0.3 is 0 Å². The van der Waals surface area contributed by atoms with Crippen LogP contribution >= 0.6 is 0 Å². The third-order valence-corrected chi connectivity index (χ3v) is 3.98. The number of hydrogen-bond donors (Lipinski definition) is 0. The lowest BCUT2D eigenvalue weighted by molar-refractivity contribution is 0.514. The van der Waals surface area contributed by atoms with Crippen LogP contribution in [0, 0.1) is 0 Å². The number of rotatable bonds is 3. The summed E-state index contributed by atoms with van der Waals surface area (Å²) in [5.74, 6) is 0. The van der Waals surface area contributed by atoms with Gasteiger partial charge in [-0.1, -0.05) is 23.4 Å². The Hall–Kier alpha value is -1.69. The number of nitrogens with zero attached hydrogens (tertiary/aromatic N) is 3. The predicted octanol–water partition coefficient (Wildman–Crippen LogP) is 1.69. The van der Waals surface area contributed by atoms with Gasteiger partial charge in [-0.25, -0.2) is 13.1 Å². The first-order valence-corrected chi connectivity index (χ1v) is 6.72. The van der Waals surface area contributed by atoms with Crippen molar-refractivity contribution in [3.05, 3.63) is 36.5 Å². The molecule has 0 unspecified atom stereocenters. The van der Waals surface area contributed by atoms with Crippen LogP contribution in [0.5, 0.6) is 0 Å². The highest BCUT2D eigenvalue weighted by atomic mass is 32.2. The number of aromatic nitrogens is 3. The van der Waals surface area contributed by atoms with E-state index in [1.54, 1.807) is 30.3 Å². The summed E-state index contributed by atoms with van der Waals surface area (Å²) in [6.45, 7) is 3.82. The zero-order chi connectivity index (χ0) is 12.5. The fraction of sp³-hybridized carbons (Fsp3) is 0.273. The molecule has 0 spiro atoms. The van der Waals surface area contributed by atoms with E-state index in [1.807, 2.05) is 13.8 Å². The maximum absolute atomic E-state index is 12.2. The molecule has 5 nitrogen and oxygen atoms in total. The molecule has 0 atom stereocenters. The molecule has 0 saturated heterocycles. The second-order valence-corrected chi connectivity index (χ2v) is 5.84. The molecule has 0 fully saturated rings. The van der Waals surface area contributed by atoms with Crippen molar-refractivity contribution in [2.24, 2.45) is 0 Å². The molecule has 1 heterocycles. The summed E-state index contributed by atoms with van der Waals surface area (Å²) in [4.78, 5) is 0.232. The van der Waals surface area contributed by atoms with Crippen molar-refractivity contribution in [2.45, 2.75) is 29.8 Å². The molecule has 0 radical (unpaired) electrons. The SMILES string of the molecule is CC(C)n1cc(S(=O)(=O)c2ccccc2)nn1. The van der Waals surface area contributed by atoms with E-state index in [1.165, 1.54) is 10.9 Å². The van der Waals surface area contributed by atoms with E-state index < -0.39 is 9.84 Å². The van der Waals surface area contributed by atoms with Crippen LogP contribution in [-0.2, 0) is 9.84 Å². The Morgan fingerprint density at radius 3 is 2.35 bits per heavy atom. The van der Waals surface area contributed by atoms with Crippen LogP contribution in [-0.4, -0.2) is 23.4 Å². The molecule has 0 saturated carbocycles. The lowest BCUT2D eigenvalue weighted by Crippen LogP contribution is -2.02. The number of benzene rings is 1. The molecule has 90 valence electrons. The topological polar surface area (TPSA) is 64.8 Å². The van der Waals surface area contributed by atoms with Crippen molar-refractivity contribution < 1.29 is 8.42 Å². The molecular formula is C11H13N3O2S. The minimum Gasteiger partial charge on any atom is -0.249 e. The summed E-state index contributed by atoms with van der Waals surface area (Å²) < 4.78 is 25.8. The number of hydrogen-bond acceptors (Lipinski definition) is 4. The summed E-state index contributed by atoms with van der Waals surface area (Å²) >= 11 is 0. The largest absolute Gasteiger partial charge is 0.249 e. The second-order valence-electron chi connectivity index (χ2n) is 3.95. The Labute approximate surface area is 100 Å². The van der Waals surface area contributed by atoms with Gasteiger partial charge in [0.15, 0.2) is 0 Å². The Balaban J connectivity index is 2.46. The monoisotopic (exact) mass is 251 g/mol. The average molecular weight is 251 g/mol. The van der Waals surface area contributed by atoms with Crippen molar-refractivity contribution in [1.29, 1.82) is 0 Å². The quantitative estimate of drug-likeness (QED) is 0.832. The Morgan fingerprint density at radius 1 is 1.18 bits per heavy atom. The lowest BCUT2D eigenvalue weighted by atomic mass is 10.4. The van der Waals surface area contributed by atoms with Crippen molar-refractivity contribution in [3.8, 4) is 0 Å². The van der Waals surface area contributed by atoms with Gasteiger partial charge in [0.25, 0.3) is 0 Å². The maximum atomic E-state index is 12.2. The van der Waals surface area contributed by atoms with Crippen LogP contribution in [0.25, 0.3) is 0 Å². The fourth-order valence-electron chi connectivity index (χ4n) is 1.36. The molecule has 0 N–H and O–H groups in total. The van der Waals surface area contributed by atoms with Gasteiger partial charge >= 0.3 is 0 Å². The third-order valence-electron chi connectivity index (χ3n) is 2.35. The molecule has 1 aromatic carbocycles. The molecule has 2 aromatic rings. The molecule has 6 heteroatoms. The number of sulfone groups is 1. The minimum atomic E-state index is -3.55. The highest BCUT2D eigenvalue weighted by Crippen LogP contribution is 2.18. The molecule has 1 aromatic heterocycles. The van der Waals surface area contributed by atoms with E-state index in [0.29, 0.717) is 0 Å². The molecule has 0 aliphatic heterocycles. The maximum Gasteiger partial charge on any atom is 0.227 e. The molecule has 0 aliphatic rings. The summed E-state index contributed by atoms with van der Waals surface area (Å²) in [5.41, 5.74) is 0. The second kappa shape index (κ2) is 4.29. The molecule has 2 rings (SSSR count). The van der Waals surface area contributed by atoms with Crippen LogP contribution in [0.1, 0.15) is 19.9 Å². The van der Waals surface area contributed by atoms with Gasteiger partial charge in [0.05, 0.1) is 11.1 Å². The van der Waals surface area contributed by atoms with E-state index in [9.17, 15) is 8.42 Å². The lowest BCUT2D eigenvalue weighted by Gasteiger charge is -2.01. The molecular weight excluding hydrogens is 238 g/mol. The van der Waals surface area contributed by atoms with E-state index in [4.69, 9.17) is 0 Å². The van der Waals surface area contributed by atoms with Crippen molar-refractivity contribution in [1.82, 2.24) is 15.0 Å². The molecule has 0 amide bonds. The summed E-state index contributed by atoms with van der Waals surface area (Å²) in [5, 5.41) is 7.49. The Bertz CT molecular complexity index is 603. The van der Waals surface area contributed by atoms with Gasteiger partial charge in [-0.15, -0.1) is 5.10 Å². The van der Waals surface area contributed by atoms with E-state index in [0.717, 1.165) is 0 Å². The molecule has 0 aliphatic carbocycles. The first-order chi connectivity index (χ1) is 8.01. The van der Waals surface area contributed by atoms with Gasteiger partial charge in [0, 0.05) is 6.04 Å². The fourth-order valence-corrected chi connectivity index (χ4v) is 2.50. The van der Waals surface area contributed by atoms with Gasteiger partial charge in [-0.05, 0) is 26.0 Å². The van der Waals surface area contributed by atoms with Gasteiger partial charge in [-0.2, -0.15) is 0 Å². The van der Waals surface area contributed by atoms with E-state index in [2.05, 4.69) is 10.3 Å². The van der Waals surface area contributed by atoms with Crippen LogP contribution in [0.15, 0.2) is 46.5 Å². The predicted molar refractivity (Wildman–Crippen MR) is 62.3 cm³/mol. The zero-order valence-corrected chi connectivity index (χ0v) is 10.4. The smallest absolute Gasteiger partial charge is 0.227 e.